The zero-order valence-electron chi connectivity index (χ0n) is 11.0. The van der Waals surface area contributed by atoms with Gasteiger partial charge in [0.25, 0.3) is 0 Å². The van der Waals surface area contributed by atoms with Crippen LogP contribution in [0, 0.1) is 17.6 Å². The zero-order valence-corrected chi connectivity index (χ0v) is 12.6. The second-order valence-corrected chi connectivity index (χ2v) is 5.88. The largest absolute Gasteiger partial charge is 0.323 e. The van der Waals surface area contributed by atoms with Gasteiger partial charge in [0, 0.05) is 17.0 Å². The molecule has 20 heavy (non-hydrogen) atoms. The molecule has 1 saturated heterocycles. The lowest BCUT2D eigenvalue weighted by Gasteiger charge is -2.22. The number of benzene rings is 1. The van der Waals surface area contributed by atoms with Gasteiger partial charge in [0.15, 0.2) is 5.82 Å². The van der Waals surface area contributed by atoms with Crippen molar-refractivity contribution in [1.29, 1.82) is 0 Å². The highest BCUT2D eigenvalue weighted by Gasteiger charge is 2.16. The maximum Gasteiger partial charge on any atom is 0.224 e. The first kappa shape index (κ1) is 15.4. The van der Waals surface area contributed by atoms with E-state index in [1.807, 2.05) is 0 Å². The van der Waals surface area contributed by atoms with Gasteiger partial charge in [0.1, 0.15) is 5.82 Å². The van der Waals surface area contributed by atoms with Crippen molar-refractivity contribution in [2.45, 2.75) is 25.7 Å². The maximum absolute atomic E-state index is 13.6. The van der Waals surface area contributed by atoms with Gasteiger partial charge in [-0.3, -0.25) is 4.79 Å². The molecule has 1 amide bonds. The Hall–Kier alpha value is -1.01. The van der Waals surface area contributed by atoms with Gasteiger partial charge in [-0.1, -0.05) is 0 Å². The van der Waals surface area contributed by atoms with E-state index in [0.29, 0.717) is 12.3 Å². The van der Waals surface area contributed by atoms with Gasteiger partial charge >= 0.3 is 0 Å². The highest BCUT2D eigenvalue weighted by Crippen LogP contribution is 2.27. The summed E-state index contributed by atoms with van der Waals surface area (Å²) in [5.41, 5.74) is 0.00158. The average molecular weight is 347 g/mol. The van der Waals surface area contributed by atoms with Crippen LogP contribution >= 0.6 is 15.9 Å². The van der Waals surface area contributed by atoms with Crippen LogP contribution in [-0.4, -0.2) is 19.0 Å². The van der Waals surface area contributed by atoms with Crippen molar-refractivity contribution in [2.75, 3.05) is 18.4 Å². The van der Waals surface area contributed by atoms with E-state index >= 15 is 0 Å². The van der Waals surface area contributed by atoms with Crippen molar-refractivity contribution in [3.63, 3.8) is 0 Å². The second-order valence-electron chi connectivity index (χ2n) is 5.02. The van der Waals surface area contributed by atoms with Crippen molar-refractivity contribution in [3.8, 4) is 0 Å². The summed E-state index contributed by atoms with van der Waals surface area (Å²) < 4.78 is 26.7. The third-order valence-electron chi connectivity index (χ3n) is 3.51. The number of carbonyl (C=O) groups excluding carboxylic acids is 1. The molecule has 0 aliphatic carbocycles. The number of amides is 1. The first-order valence-electron chi connectivity index (χ1n) is 6.71. The summed E-state index contributed by atoms with van der Waals surface area (Å²) in [4.78, 5) is 11.8. The summed E-state index contributed by atoms with van der Waals surface area (Å²) in [6, 6.07) is 1.89. The molecule has 1 fully saturated rings. The molecule has 0 aromatic heterocycles. The van der Waals surface area contributed by atoms with Gasteiger partial charge in [-0.2, -0.15) is 0 Å². The minimum atomic E-state index is -0.771. The van der Waals surface area contributed by atoms with Crippen molar-refractivity contribution >= 4 is 27.5 Å². The number of anilines is 1. The lowest BCUT2D eigenvalue weighted by atomic mass is 9.93. The SMILES string of the molecule is O=C(CCC1CCNCC1)Nc1c(F)cc(F)cc1Br. The Kier molecular flexibility index (Phi) is 5.48. The number of piperidine rings is 1. The van der Waals surface area contributed by atoms with Gasteiger partial charge in [-0.05, 0) is 60.3 Å². The molecule has 1 heterocycles. The fraction of sp³-hybridized carbons (Fsp3) is 0.500. The fourth-order valence-electron chi connectivity index (χ4n) is 2.37. The Balaban J connectivity index is 1.88. The van der Waals surface area contributed by atoms with Gasteiger partial charge < -0.3 is 10.6 Å². The molecule has 2 N–H and O–H groups in total. The van der Waals surface area contributed by atoms with Crippen molar-refractivity contribution in [3.05, 3.63) is 28.2 Å². The molecule has 1 aromatic rings. The van der Waals surface area contributed by atoms with E-state index in [-0.39, 0.29) is 16.1 Å². The minimum Gasteiger partial charge on any atom is -0.323 e. The van der Waals surface area contributed by atoms with Crippen molar-refractivity contribution in [2.24, 2.45) is 5.92 Å². The minimum absolute atomic E-state index is 0.00158. The monoisotopic (exact) mass is 346 g/mol. The van der Waals surface area contributed by atoms with E-state index in [1.54, 1.807) is 0 Å². The predicted molar refractivity (Wildman–Crippen MR) is 77.5 cm³/mol. The predicted octanol–water partition coefficient (Wildman–Crippen LogP) is 3.45. The van der Waals surface area contributed by atoms with E-state index in [2.05, 4.69) is 26.6 Å². The molecule has 110 valence electrons. The molecule has 0 atom stereocenters. The van der Waals surface area contributed by atoms with Crippen molar-refractivity contribution < 1.29 is 13.6 Å². The van der Waals surface area contributed by atoms with Crippen LogP contribution in [0.5, 0.6) is 0 Å². The smallest absolute Gasteiger partial charge is 0.224 e. The van der Waals surface area contributed by atoms with Crippen LogP contribution in [0.4, 0.5) is 14.5 Å². The number of nitrogens with one attached hydrogen (secondary N) is 2. The Morgan fingerprint density at radius 3 is 2.70 bits per heavy atom. The highest BCUT2D eigenvalue weighted by molar-refractivity contribution is 9.10. The number of hydrogen-bond acceptors (Lipinski definition) is 2. The summed E-state index contributed by atoms with van der Waals surface area (Å²) in [7, 11) is 0. The summed E-state index contributed by atoms with van der Waals surface area (Å²) in [5.74, 6) is -1.15. The lowest BCUT2D eigenvalue weighted by Crippen LogP contribution is -2.28. The molecular formula is C14H17BrF2N2O. The van der Waals surface area contributed by atoms with E-state index in [0.717, 1.165) is 44.5 Å². The number of rotatable bonds is 4. The number of halogens is 3. The molecule has 6 heteroatoms. The molecule has 3 nitrogen and oxygen atoms in total. The molecule has 1 aliphatic rings. The molecule has 0 spiro atoms. The zero-order chi connectivity index (χ0) is 14.5. The molecule has 0 saturated carbocycles. The van der Waals surface area contributed by atoms with E-state index in [9.17, 15) is 13.6 Å². The highest BCUT2D eigenvalue weighted by atomic mass is 79.9. The molecule has 1 aliphatic heterocycles. The average Bonchev–Trinajstić information content (AvgIpc) is 2.42. The fourth-order valence-corrected chi connectivity index (χ4v) is 2.88. The lowest BCUT2D eigenvalue weighted by molar-refractivity contribution is -0.116. The van der Waals surface area contributed by atoms with Crippen LogP contribution in [0.3, 0.4) is 0 Å². The number of carbonyl (C=O) groups is 1. The summed E-state index contributed by atoms with van der Waals surface area (Å²) >= 11 is 3.05. The summed E-state index contributed by atoms with van der Waals surface area (Å²) in [5, 5.41) is 5.77. The topological polar surface area (TPSA) is 41.1 Å². The van der Waals surface area contributed by atoms with Crippen LogP contribution in [0.2, 0.25) is 0 Å². The first-order chi connectivity index (χ1) is 9.56. The van der Waals surface area contributed by atoms with Crippen LogP contribution in [0.1, 0.15) is 25.7 Å². The van der Waals surface area contributed by atoms with Gasteiger partial charge in [-0.25, -0.2) is 8.78 Å². The molecule has 0 bridgehead atoms. The Bertz CT molecular complexity index is 467. The van der Waals surface area contributed by atoms with Crippen LogP contribution < -0.4 is 10.6 Å². The molecule has 2 rings (SSSR count). The Morgan fingerprint density at radius 1 is 1.35 bits per heavy atom. The number of hydrogen-bond donors (Lipinski definition) is 2. The standard InChI is InChI=1S/C14H17BrF2N2O/c15-11-7-10(16)8-12(17)14(11)19-13(20)2-1-9-3-5-18-6-4-9/h7-9,18H,1-6H2,(H,19,20). The van der Waals surface area contributed by atoms with Gasteiger partial charge in [0.2, 0.25) is 5.91 Å². The first-order valence-corrected chi connectivity index (χ1v) is 7.50. The molecule has 1 aromatic carbocycles. The third kappa shape index (κ3) is 4.24. The Morgan fingerprint density at radius 2 is 2.05 bits per heavy atom. The second kappa shape index (κ2) is 7.13. The van der Waals surface area contributed by atoms with Gasteiger partial charge in [-0.15, -0.1) is 0 Å². The molecule has 0 radical (unpaired) electrons. The van der Waals surface area contributed by atoms with E-state index in [1.165, 1.54) is 0 Å². The quantitative estimate of drug-likeness (QED) is 0.876. The van der Waals surface area contributed by atoms with Crippen LogP contribution in [0.15, 0.2) is 16.6 Å². The normalized spacial score (nSPS) is 16.1. The molecule has 0 unspecified atom stereocenters. The summed E-state index contributed by atoms with van der Waals surface area (Å²) in [6.45, 7) is 1.98. The van der Waals surface area contributed by atoms with E-state index in [4.69, 9.17) is 0 Å². The van der Waals surface area contributed by atoms with Crippen LogP contribution in [0.25, 0.3) is 0 Å². The van der Waals surface area contributed by atoms with Gasteiger partial charge in [0.05, 0.1) is 5.69 Å². The van der Waals surface area contributed by atoms with Crippen molar-refractivity contribution in [1.82, 2.24) is 5.32 Å². The summed E-state index contributed by atoms with van der Waals surface area (Å²) in [6.07, 6.45) is 3.30. The molecular weight excluding hydrogens is 330 g/mol. The Labute approximate surface area is 125 Å². The van der Waals surface area contributed by atoms with E-state index < -0.39 is 11.6 Å². The van der Waals surface area contributed by atoms with Crippen LogP contribution in [-0.2, 0) is 4.79 Å². The maximum atomic E-state index is 13.6. The third-order valence-corrected chi connectivity index (χ3v) is 4.14.